The average molecular weight is 307 g/mol. The number of rotatable bonds is 4. The molecule has 0 aliphatic heterocycles. The van der Waals surface area contributed by atoms with Crippen LogP contribution in [0.5, 0.6) is 0 Å². The SMILES string of the molecule is CC(C)c1cccc(NC(=O)c2cccc(-n3cnnn3)c2)c1. The maximum Gasteiger partial charge on any atom is 0.255 e. The molecule has 0 bridgehead atoms. The molecule has 116 valence electrons. The zero-order valence-electron chi connectivity index (χ0n) is 13.0. The number of carbonyl (C=O) groups is 1. The van der Waals surface area contributed by atoms with E-state index in [1.807, 2.05) is 24.3 Å². The number of benzene rings is 2. The van der Waals surface area contributed by atoms with Gasteiger partial charge in [-0.1, -0.05) is 32.0 Å². The Bertz CT molecular complexity index is 811. The van der Waals surface area contributed by atoms with Crippen LogP contribution in [0.2, 0.25) is 0 Å². The van der Waals surface area contributed by atoms with Gasteiger partial charge in [0.1, 0.15) is 6.33 Å². The number of nitrogens with zero attached hydrogens (tertiary/aromatic N) is 4. The van der Waals surface area contributed by atoms with Crippen LogP contribution in [0.15, 0.2) is 54.9 Å². The fraction of sp³-hybridized carbons (Fsp3) is 0.176. The first-order chi connectivity index (χ1) is 11.1. The Kier molecular flexibility index (Phi) is 4.14. The molecule has 2 aromatic carbocycles. The molecule has 1 N–H and O–H groups in total. The Morgan fingerprint density at radius 1 is 1.13 bits per heavy atom. The Balaban J connectivity index is 1.81. The van der Waals surface area contributed by atoms with Crippen LogP contribution in [0.3, 0.4) is 0 Å². The summed E-state index contributed by atoms with van der Waals surface area (Å²) in [6.45, 7) is 4.24. The van der Waals surface area contributed by atoms with E-state index < -0.39 is 0 Å². The zero-order chi connectivity index (χ0) is 16.2. The first kappa shape index (κ1) is 14.9. The second-order valence-corrected chi connectivity index (χ2v) is 5.54. The summed E-state index contributed by atoms with van der Waals surface area (Å²) < 4.78 is 1.51. The predicted molar refractivity (Wildman–Crippen MR) is 87.6 cm³/mol. The molecule has 0 spiro atoms. The van der Waals surface area contributed by atoms with E-state index in [4.69, 9.17) is 0 Å². The van der Waals surface area contributed by atoms with Crippen LogP contribution in [0.4, 0.5) is 5.69 Å². The Morgan fingerprint density at radius 3 is 2.70 bits per heavy atom. The third-order valence-corrected chi connectivity index (χ3v) is 3.53. The minimum absolute atomic E-state index is 0.166. The number of aromatic nitrogens is 4. The molecule has 1 aromatic heterocycles. The number of carbonyl (C=O) groups excluding carboxylic acids is 1. The largest absolute Gasteiger partial charge is 0.322 e. The fourth-order valence-corrected chi connectivity index (χ4v) is 2.25. The summed E-state index contributed by atoms with van der Waals surface area (Å²) in [5.41, 5.74) is 3.26. The maximum absolute atomic E-state index is 12.4. The van der Waals surface area contributed by atoms with Crippen molar-refractivity contribution in [2.45, 2.75) is 19.8 Å². The summed E-state index contributed by atoms with van der Waals surface area (Å²) in [4.78, 5) is 12.4. The highest BCUT2D eigenvalue weighted by atomic mass is 16.1. The van der Waals surface area contributed by atoms with E-state index in [-0.39, 0.29) is 5.91 Å². The molecular weight excluding hydrogens is 290 g/mol. The van der Waals surface area contributed by atoms with Crippen molar-refractivity contribution in [2.75, 3.05) is 5.32 Å². The van der Waals surface area contributed by atoms with E-state index >= 15 is 0 Å². The Hall–Kier alpha value is -3.02. The highest BCUT2D eigenvalue weighted by Crippen LogP contribution is 2.19. The number of anilines is 1. The molecular formula is C17H17N5O. The molecule has 1 heterocycles. The van der Waals surface area contributed by atoms with Gasteiger partial charge in [-0.15, -0.1) is 5.10 Å². The lowest BCUT2D eigenvalue weighted by molar-refractivity contribution is 0.102. The van der Waals surface area contributed by atoms with E-state index in [1.165, 1.54) is 16.6 Å². The predicted octanol–water partition coefficient (Wildman–Crippen LogP) is 3.04. The third kappa shape index (κ3) is 3.42. The molecule has 0 aliphatic rings. The van der Waals surface area contributed by atoms with Crippen molar-refractivity contribution in [3.05, 3.63) is 66.0 Å². The summed E-state index contributed by atoms with van der Waals surface area (Å²) in [5, 5.41) is 13.9. The smallest absolute Gasteiger partial charge is 0.255 e. The van der Waals surface area contributed by atoms with Crippen molar-refractivity contribution >= 4 is 11.6 Å². The normalized spacial score (nSPS) is 10.7. The highest BCUT2D eigenvalue weighted by Gasteiger charge is 2.09. The van der Waals surface area contributed by atoms with Crippen molar-refractivity contribution < 1.29 is 4.79 Å². The molecule has 0 fully saturated rings. The van der Waals surface area contributed by atoms with Crippen LogP contribution in [0.25, 0.3) is 5.69 Å². The molecule has 6 heteroatoms. The summed E-state index contributed by atoms with van der Waals surface area (Å²) >= 11 is 0. The molecule has 6 nitrogen and oxygen atoms in total. The van der Waals surface area contributed by atoms with Gasteiger partial charge >= 0.3 is 0 Å². The minimum Gasteiger partial charge on any atom is -0.322 e. The monoisotopic (exact) mass is 307 g/mol. The van der Waals surface area contributed by atoms with Gasteiger partial charge in [0.05, 0.1) is 5.69 Å². The summed E-state index contributed by atoms with van der Waals surface area (Å²) in [7, 11) is 0. The van der Waals surface area contributed by atoms with Gasteiger partial charge in [-0.25, -0.2) is 4.68 Å². The van der Waals surface area contributed by atoms with Gasteiger partial charge in [0.2, 0.25) is 0 Å². The average Bonchev–Trinajstić information content (AvgIpc) is 3.10. The minimum atomic E-state index is -0.166. The number of amides is 1. The first-order valence-corrected chi connectivity index (χ1v) is 7.38. The van der Waals surface area contributed by atoms with Gasteiger partial charge < -0.3 is 5.32 Å². The molecule has 1 amide bonds. The van der Waals surface area contributed by atoms with Gasteiger partial charge in [-0.2, -0.15) is 0 Å². The van der Waals surface area contributed by atoms with Crippen LogP contribution in [0, 0.1) is 0 Å². The second-order valence-electron chi connectivity index (χ2n) is 5.54. The van der Waals surface area contributed by atoms with Crippen LogP contribution < -0.4 is 5.32 Å². The lowest BCUT2D eigenvalue weighted by atomic mass is 10.0. The quantitative estimate of drug-likeness (QED) is 0.804. The Morgan fingerprint density at radius 2 is 1.96 bits per heavy atom. The van der Waals surface area contributed by atoms with E-state index in [0.29, 0.717) is 11.5 Å². The van der Waals surface area contributed by atoms with Crippen LogP contribution in [0.1, 0.15) is 35.7 Å². The number of hydrogen-bond acceptors (Lipinski definition) is 4. The molecule has 0 unspecified atom stereocenters. The van der Waals surface area contributed by atoms with Gasteiger partial charge in [-0.3, -0.25) is 4.79 Å². The lowest BCUT2D eigenvalue weighted by Crippen LogP contribution is -2.12. The van der Waals surface area contributed by atoms with Crippen molar-refractivity contribution in [3.63, 3.8) is 0 Å². The third-order valence-electron chi connectivity index (χ3n) is 3.53. The fourth-order valence-electron chi connectivity index (χ4n) is 2.25. The standard InChI is InChI=1S/C17H17N5O/c1-12(2)13-5-3-7-15(9-13)19-17(23)14-6-4-8-16(10-14)22-11-18-20-21-22/h3-12H,1-2H3,(H,19,23). The number of hydrogen-bond donors (Lipinski definition) is 1. The van der Waals surface area contributed by atoms with Crippen molar-refractivity contribution in [1.29, 1.82) is 0 Å². The first-order valence-electron chi connectivity index (χ1n) is 7.38. The lowest BCUT2D eigenvalue weighted by Gasteiger charge is -2.10. The van der Waals surface area contributed by atoms with Crippen LogP contribution >= 0.6 is 0 Å². The summed E-state index contributed by atoms with van der Waals surface area (Å²) in [5.74, 6) is 0.246. The van der Waals surface area contributed by atoms with Gasteiger partial charge in [0.25, 0.3) is 5.91 Å². The maximum atomic E-state index is 12.4. The molecule has 0 atom stereocenters. The van der Waals surface area contributed by atoms with Gasteiger partial charge in [-0.05, 0) is 52.2 Å². The molecule has 0 saturated carbocycles. The van der Waals surface area contributed by atoms with Crippen LogP contribution in [-0.2, 0) is 0 Å². The van der Waals surface area contributed by atoms with Crippen molar-refractivity contribution in [2.24, 2.45) is 0 Å². The van der Waals surface area contributed by atoms with Crippen molar-refractivity contribution in [1.82, 2.24) is 20.2 Å². The second kappa shape index (κ2) is 6.39. The number of tetrazole rings is 1. The Labute approximate surface area is 134 Å². The molecule has 0 saturated heterocycles. The van der Waals surface area contributed by atoms with Crippen molar-refractivity contribution in [3.8, 4) is 5.69 Å². The molecule has 23 heavy (non-hydrogen) atoms. The van der Waals surface area contributed by atoms with Gasteiger partial charge in [0, 0.05) is 11.3 Å². The topological polar surface area (TPSA) is 72.7 Å². The van der Waals surface area contributed by atoms with Crippen LogP contribution in [-0.4, -0.2) is 26.1 Å². The van der Waals surface area contributed by atoms with E-state index in [9.17, 15) is 4.79 Å². The molecule has 3 rings (SSSR count). The number of nitrogens with one attached hydrogen (secondary N) is 1. The summed E-state index contributed by atoms with van der Waals surface area (Å²) in [6.07, 6.45) is 1.49. The highest BCUT2D eigenvalue weighted by molar-refractivity contribution is 6.04. The molecule has 0 radical (unpaired) electrons. The van der Waals surface area contributed by atoms with E-state index in [0.717, 1.165) is 11.4 Å². The van der Waals surface area contributed by atoms with Gasteiger partial charge in [0.15, 0.2) is 0 Å². The molecule has 3 aromatic rings. The van der Waals surface area contributed by atoms with E-state index in [2.05, 4.69) is 40.8 Å². The summed E-state index contributed by atoms with van der Waals surface area (Å²) in [6, 6.07) is 15.0. The molecule has 0 aliphatic carbocycles. The van der Waals surface area contributed by atoms with E-state index in [1.54, 1.807) is 18.2 Å². The zero-order valence-corrected chi connectivity index (χ0v) is 13.0.